The summed E-state index contributed by atoms with van der Waals surface area (Å²) in [6.07, 6.45) is 1.89. The van der Waals surface area contributed by atoms with Gasteiger partial charge < -0.3 is 18.8 Å². The van der Waals surface area contributed by atoms with Crippen LogP contribution in [0.15, 0.2) is 69.6 Å². The lowest BCUT2D eigenvalue weighted by molar-refractivity contribution is -0.139. The number of nitrogens with zero attached hydrogens (tertiary/aromatic N) is 3. The molecule has 2 aliphatic rings. The summed E-state index contributed by atoms with van der Waals surface area (Å²) >= 11 is 7.39. The predicted octanol–water partition coefficient (Wildman–Crippen LogP) is 4.59. The van der Waals surface area contributed by atoms with Gasteiger partial charge in [0.2, 0.25) is 6.79 Å². The molecule has 0 amide bonds. The number of ether oxygens (including phenoxy) is 3. The lowest BCUT2D eigenvalue weighted by atomic mass is 9.95. The molecule has 0 fully saturated rings. The van der Waals surface area contributed by atoms with Gasteiger partial charge in [-0.3, -0.25) is 9.36 Å². The predicted molar refractivity (Wildman–Crippen MR) is 153 cm³/mol. The molecule has 40 heavy (non-hydrogen) atoms. The van der Waals surface area contributed by atoms with Crippen LogP contribution in [0, 0.1) is 13.8 Å². The van der Waals surface area contributed by atoms with E-state index in [0.717, 1.165) is 22.6 Å². The number of rotatable bonds is 5. The summed E-state index contributed by atoms with van der Waals surface area (Å²) in [5.74, 6) is 0.671. The molecule has 2 aromatic carbocycles. The Kier molecular flexibility index (Phi) is 6.64. The van der Waals surface area contributed by atoms with Crippen molar-refractivity contribution in [2.24, 2.45) is 4.99 Å². The van der Waals surface area contributed by atoms with Crippen molar-refractivity contribution in [3.8, 4) is 17.2 Å². The third-order valence-corrected chi connectivity index (χ3v) is 8.31. The number of fused-ring (bicyclic) bond motifs is 2. The number of carbonyl (C=O) groups excluding carboxylic acids is 1. The monoisotopic (exact) mass is 575 g/mol. The number of hydrogen-bond acceptors (Lipinski definition) is 7. The minimum absolute atomic E-state index is 0.121. The second-order valence-electron chi connectivity index (χ2n) is 9.55. The molecule has 1 unspecified atom stereocenters. The second kappa shape index (κ2) is 10.1. The molecule has 0 aliphatic carbocycles. The Bertz CT molecular complexity index is 1880. The zero-order valence-corrected chi connectivity index (χ0v) is 23.9. The largest absolute Gasteiger partial charge is 0.463 e. The molecule has 204 valence electrons. The van der Waals surface area contributed by atoms with Gasteiger partial charge in [0, 0.05) is 22.1 Å². The second-order valence-corrected chi connectivity index (χ2v) is 11.0. The minimum atomic E-state index is -0.728. The van der Waals surface area contributed by atoms with Crippen LogP contribution in [0.25, 0.3) is 11.8 Å². The normalized spacial score (nSPS) is 16.2. The molecular weight excluding hydrogens is 550 g/mol. The summed E-state index contributed by atoms with van der Waals surface area (Å²) in [5, 5.41) is 0.669. The van der Waals surface area contributed by atoms with E-state index in [-0.39, 0.29) is 19.0 Å². The van der Waals surface area contributed by atoms with Crippen LogP contribution in [0.5, 0.6) is 11.5 Å². The Labute approximate surface area is 239 Å². The number of carbonyl (C=O) groups is 1. The highest BCUT2D eigenvalue weighted by molar-refractivity contribution is 7.07. The first-order valence-electron chi connectivity index (χ1n) is 12.8. The summed E-state index contributed by atoms with van der Waals surface area (Å²) in [4.78, 5) is 32.3. The molecule has 0 saturated heterocycles. The van der Waals surface area contributed by atoms with E-state index in [4.69, 9.17) is 25.8 Å². The van der Waals surface area contributed by atoms with Crippen molar-refractivity contribution in [1.82, 2.24) is 9.13 Å². The lowest BCUT2D eigenvalue weighted by Gasteiger charge is -2.24. The molecule has 4 aromatic rings. The van der Waals surface area contributed by atoms with Crippen LogP contribution in [0.2, 0.25) is 5.02 Å². The number of allylic oxidation sites excluding steroid dienone is 1. The molecule has 1 atom stereocenters. The van der Waals surface area contributed by atoms with E-state index in [0.29, 0.717) is 42.7 Å². The molecule has 0 bridgehead atoms. The summed E-state index contributed by atoms with van der Waals surface area (Å²) in [5.41, 5.74) is 5.21. The number of halogens is 1. The van der Waals surface area contributed by atoms with E-state index >= 15 is 0 Å². The fourth-order valence-corrected chi connectivity index (χ4v) is 6.42. The van der Waals surface area contributed by atoms with Crippen LogP contribution in [0.3, 0.4) is 0 Å². The molecule has 0 radical (unpaired) electrons. The minimum Gasteiger partial charge on any atom is -0.463 e. The van der Waals surface area contributed by atoms with Crippen LogP contribution in [0.1, 0.15) is 42.4 Å². The highest BCUT2D eigenvalue weighted by Crippen LogP contribution is 2.38. The van der Waals surface area contributed by atoms with Crippen molar-refractivity contribution >= 4 is 35.0 Å². The van der Waals surface area contributed by atoms with Crippen LogP contribution >= 0.6 is 22.9 Å². The maximum atomic E-state index is 14.0. The Morgan fingerprint density at radius 1 is 1.12 bits per heavy atom. The molecule has 2 aliphatic heterocycles. The first-order chi connectivity index (χ1) is 19.3. The number of benzene rings is 2. The highest BCUT2D eigenvalue weighted by Gasteiger charge is 2.34. The molecule has 0 saturated carbocycles. The van der Waals surface area contributed by atoms with Gasteiger partial charge >= 0.3 is 5.97 Å². The number of hydrogen-bond donors (Lipinski definition) is 0. The molecule has 0 spiro atoms. The van der Waals surface area contributed by atoms with Gasteiger partial charge in [0.1, 0.15) is 0 Å². The van der Waals surface area contributed by atoms with Crippen molar-refractivity contribution in [2.75, 3.05) is 13.4 Å². The Balaban J connectivity index is 1.52. The van der Waals surface area contributed by atoms with Gasteiger partial charge in [-0.1, -0.05) is 29.0 Å². The summed E-state index contributed by atoms with van der Waals surface area (Å²) in [6.45, 7) is 7.88. The van der Waals surface area contributed by atoms with Gasteiger partial charge in [-0.05, 0) is 87.4 Å². The van der Waals surface area contributed by atoms with Crippen molar-refractivity contribution in [2.45, 2.75) is 33.7 Å². The average Bonchev–Trinajstić information content (AvgIpc) is 3.59. The van der Waals surface area contributed by atoms with Gasteiger partial charge in [0.25, 0.3) is 5.56 Å². The van der Waals surface area contributed by atoms with Crippen LogP contribution in [-0.4, -0.2) is 28.5 Å². The SMILES string of the molecule is CCOC(=O)C1=C(C)N=c2s/c(=C\c3cc(C)n(-c4ccc(Cl)cc4)c3C)c(=O)n2C1c1ccc2c(c1)OCO2. The van der Waals surface area contributed by atoms with Gasteiger partial charge in [-0.25, -0.2) is 9.79 Å². The maximum absolute atomic E-state index is 14.0. The first-order valence-corrected chi connectivity index (χ1v) is 14.0. The third-order valence-electron chi connectivity index (χ3n) is 7.07. The van der Waals surface area contributed by atoms with Crippen molar-refractivity contribution in [3.05, 3.63) is 107 Å². The average molecular weight is 576 g/mol. The first kappa shape index (κ1) is 26.2. The Hall–Kier alpha value is -4.08. The molecule has 10 heteroatoms. The van der Waals surface area contributed by atoms with Crippen molar-refractivity contribution in [1.29, 1.82) is 0 Å². The quantitative estimate of drug-likeness (QED) is 0.325. The van der Waals surface area contributed by atoms with Gasteiger partial charge in [-0.2, -0.15) is 0 Å². The topological polar surface area (TPSA) is 84.1 Å². The standard InChI is InChI=1S/C30H26ClN3O5S/c1-5-37-29(36)26-17(3)32-30-34(27(26)19-6-11-23-24(13-19)39-15-38-23)28(35)25(40-30)14-20-12-16(2)33(18(20)4)22-9-7-21(31)8-10-22/h6-14,27H,5,15H2,1-4H3/b25-14-. The number of esters is 1. The molecule has 6 rings (SSSR count). The Morgan fingerprint density at radius 3 is 2.62 bits per heavy atom. The van der Waals surface area contributed by atoms with E-state index in [1.807, 2.05) is 62.4 Å². The summed E-state index contributed by atoms with van der Waals surface area (Å²) < 4.78 is 20.7. The zero-order valence-electron chi connectivity index (χ0n) is 22.4. The lowest BCUT2D eigenvalue weighted by Crippen LogP contribution is -2.39. The van der Waals surface area contributed by atoms with E-state index in [9.17, 15) is 9.59 Å². The molecule has 2 aromatic heterocycles. The molecular formula is C30H26ClN3O5S. The Morgan fingerprint density at radius 2 is 1.88 bits per heavy atom. The number of thiazole rings is 1. The fourth-order valence-electron chi connectivity index (χ4n) is 5.25. The van der Waals surface area contributed by atoms with Gasteiger partial charge in [0.05, 0.1) is 28.5 Å². The van der Waals surface area contributed by atoms with Gasteiger partial charge in [0.15, 0.2) is 16.3 Å². The third kappa shape index (κ3) is 4.35. The summed E-state index contributed by atoms with van der Waals surface area (Å²) in [6, 6.07) is 14.4. The van der Waals surface area contributed by atoms with Crippen molar-refractivity contribution in [3.63, 3.8) is 0 Å². The van der Waals surface area contributed by atoms with Gasteiger partial charge in [-0.15, -0.1) is 0 Å². The van der Waals surface area contributed by atoms with E-state index in [2.05, 4.69) is 9.56 Å². The van der Waals surface area contributed by atoms with E-state index in [1.54, 1.807) is 24.5 Å². The van der Waals surface area contributed by atoms with E-state index in [1.165, 1.54) is 11.3 Å². The maximum Gasteiger partial charge on any atom is 0.338 e. The number of aromatic nitrogens is 2. The number of aryl methyl sites for hydroxylation is 1. The van der Waals surface area contributed by atoms with Crippen LogP contribution in [-0.2, 0) is 9.53 Å². The molecule has 4 heterocycles. The zero-order chi connectivity index (χ0) is 28.1. The van der Waals surface area contributed by atoms with Crippen molar-refractivity contribution < 1.29 is 19.0 Å². The van der Waals surface area contributed by atoms with E-state index < -0.39 is 12.0 Å². The highest BCUT2D eigenvalue weighted by atomic mass is 35.5. The molecule has 8 nitrogen and oxygen atoms in total. The fraction of sp³-hybridized carbons (Fsp3) is 0.233. The summed E-state index contributed by atoms with van der Waals surface area (Å²) in [7, 11) is 0. The van der Waals surface area contributed by atoms with Crippen LogP contribution < -0.4 is 24.4 Å². The molecule has 0 N–H and O–H groups in total. The van der Waals surface area contributed by atoms with Crippen LogP contribution in [0.4, 0.5) is 0 Å². The smallest absolute Gasteiger partial charge is 0.338 e.